The van der Waals surface area contributed by atoms with Crippen molar-refractivity contribution in [2.24, 2.45) is 0 Å². The summed E-state index contributed by atoms with van der Waals surface area (Å²) in [6, 6.07) is 20.5. The summed E-state index contributed by atoms with van der Waals surface area (Å²) in [5.74, 6) is -0.184. The summed E-state index contributed by atoms with van der Waals surface area (Å²) >= 11 is 0. The van der Waals surface area contributed by atoms with Gasteiger partial charge in [0, 0.05) is 11.1 Å². The highest BCUT2D eigenvalue weighted by atomic mass is 19.4. The lowest BCUT2D eigenvalue weighted by atomic mass is 9.78. The third-order valence-electron chi connectivity index (χ3n) is 6.36. The smallest absolute Gasteiger partial charge is 0.420 e. The second-order valence-electron chi connectivity index (χ2n) is 9.63. The van der Waals surface area contributed by atoms with E-state index < -0.39 is 28.9 Å². The third kappa shape index (κ3) is 6.30. The van der Waals surface area contributed by atoms with E-state index in [1.54, 1.807) is 61.5 Å². The van der Waals surface area contributed by atoms with Gasteiger partial charge in [-0.3, -0.25) is 0 Å². The summed E-state index contributed by atoms with van der Waals surface area (Å²) in [6.45, 7) is 5.47. The molecule has 2 N–H and O–H groups in total. The second kappa shape index (κ2) is 10.2. The number of hydrogen-bond donors (Lipinski definition) is 1. The van der Waals surface area contributed by atoms with Crippen LogP contribution in [0.1, 0.15) is 41.7 Å². The number of aryl methyl sites for hydroxylation is 1. The molecule has 9 heteroatoms. The normalized spacial score (nSPS) is 12.3. The molecule has 0 atom stereocenters. The molecule has 4 rings (SSSR count). The van der Waals surface area contributed by atoms with Crippen LogP contribution in [0.4, 0.5) is 32.0 Å². The number of hydrogen-bond acceptors (Lipinski definition) is 3. The molecule has 4 aromatic carbocycles. The quantitative estimate of drug-likeness (QED) is 0.194. The first kappa shape index (κ1) is 27.9. The molecule has 204 valence electrons. The molecule has 0 aliphatic heterocycles. The molecule has 0 bridgehead atoms. The Kier molecular flexibility index (Phi) is 7.29. The minimum Gasteiger partial charge on any atom is -0.457 e. The highest BCUT2D eigenvalue weighted by molar-refractivity contribution is 5.51. The number of anilines is 1. The fourth-order valence-electron chi connectivity index (χ4n) is 4.11. The van der Waals surface area contributed by atoms with Gasteiger partial charge in [0.05, 0.1) is 5.56 Å². The molecule has 0 fully saturated rings. The van der Waals surface area contributed by atoms with Crippen molar-refractivity contribution < 1.29 is 35.8 Å². The standard InChI is InChI=1S/C30H25F6NO2/c1-18-4-14-26(24(16-18)29(31,32)33)38-22-10-5-19(6-11-22)28(2,3)20-7-12-23(13-8-20)39-27-15-9-21(37)17-25(27)30(34,35)36/h4-17H,37H2,1-3H3. The first-order valence-corrected chi connectivity index (χ1v) is 11.9. The van der Waals surface area contributed by atoms with Gasteiger partial charge in [-0.1, -0.05) is 49.7 Å². The maximum Gasteiger partial charge on any atom is 0.420 e. The summed E-state index contributed by atoms with van der Waals surface area (Å²) in [7, 11) is 0. The van der Waals surface area contributed by atoms with Crippen molar-refractivity contribution in [3.05, 3.63) is 113 Å². The molecule has 0 heterocycles. The summed E-state index contributed by atoms with van der Waals surface area (Å²) in [4.78, 5) is 0. The summed E-state index contributed by atoms with van der Waals surface area (Å²) in [5.41, 5.74) is 5.28. The number of nitrogen functional groups attached to an aromatic ring is 1. The van der Waals surface area contributed by atoms with E-state index in [0.717, 1.165) is 23.3 Å². The number of benzene rings is 4. The minimum atomic E-state index is -4.63. The van der Waals surface area contributed by atoms with Crippen molar-refractivity contribution >= 4 is 5.69 Å². The van der Waals surface area contributed by atoms with Crippen LogP contribution < -0.4 is 15.2 Å². The monoisotopic (exact) mass is 545 g/mol. The molecular weight excluding hydrogens is 520 g/mol. The molecule has 0 unspecified atom stereocenters. The minimum absolute atomic E-state index is 0.0251. The first-order chi connectivity index (χ1) is 18.1. The van der Waals surface area contributed by atoms with Gasteiger partial charge in [-0.05, 0) is 72.6 Å². The van der Waals surface area contributed by atoms with Crippen molar-refractivity contribution in [3.63, 3.8) is 0 Å². The van der Waals surface area contributed by atoms with Gasteiger partial charge in [-0.25, -0.2) is 0 Å². The van der Waals surface area contributed by atoms with Crippen molar-refractivity contribution in [3.8, 4) is 23.0 Å². The van der Waals surface area contributed by atoms with Crippen LogP contribution >= 0.6 is 0 Å². The van der Waals surface area contributed by atoms with Crippen molar-refractivity contribution in [2.75, 3.05) is 5.73 Å². The predicted octanol–water partition coefficient (Wildman–Crippen LogP) is 9.53. The molecule has 0 saturated heterocycles. The lowest BCUT2D eigenvalue weighted by Crippen LogP contribution is -2.18. The Bertz CT molecular complexity index is 1350. The highest BCUT2D eigenvalue weighted by Crippen LogP contribution is 2.41. The molecule has 0 aliphatic carbocycles. The lowest BCUT2D eigenvalue weighted by Gasteiger charge is -2.26. The zero-order valence-corrected chi connectivity index (χ0v) is 21.2. The van der Waals surface area contributed by atoms with E-state index >= 15 is 0 Å². The molecule has 0 radical (unpaired) electrons. The number of rotatable bonds is 6. The fourth-order valence-corrected chi connectivity index (χ4v) is 4.11. The van der Waals surface area contributed by atoms with Crippen LogP contribution in [-0.2, 0) is 17.8 Å². The number of halogens is 6. The lowest BCUT2D eigenvalue weighted by molar-refractivity contribution is -0.139. The molecule has 39 heavy (non-hydrogen) atoms. The van der Waals surface area contributed by atoms with Gasteiger partial charge in [0.15, 0.2) is 0 Å². The topological polar surface area (TPSA) is 44.5 Å². The van der Waals surface area contributed by atoms with E-state index in [-0.39, 0.29) is 28.7 Å². The van der Waals surface area contributed by atoms with E-state index in [0.29, 0.717) is 5.56 Å². The van der Waals surface area contributed by atoms with Crippen molar-refractivity contribution in [1.29, 1.82) is 0 Å². The Morgan fingerprint density at radius 3 is 1.41 bits per heavy atom. The van der Waals surface area contributed by atoms with Gasteiger partial charge in [0.2, 0.25) is 0 Å². The zero-order valence-electron chi connectivity index (χ0n) is 21.2. The maximum atomic E-state index is 13.4. The van der Waals surface area contributed by atoms with Gasteiger partial charge in [0.1, 0.15) is 28.6 Å². The van der Waals surface area contributed by atoms with Crippen LogP contribution in [0.5, 0.6) is 23.0 Å². The highest BCUT2D eigenvalue weighted by Gasteiger charge is 2.36. The maximum absolute atomic E-state index is 13.4. The molecular formula is C30H25F6NO2. The molecule has 0 amide bonds. The number of ether oxygens (including phenoxy) is 2. The summed E-state index contributed by atoms with van der Waals surface area (Å²) in [6.07, 6.45) is -9.18. The van der Waals surface area contributed by atoms with Gasteiger partial charge >= 0.3 is 12.4 Å². The van der Waals surface area contributed by atoms with E-state index in [1.807, 2.05) is 13.8 Å². The first-order valence-electron chi connectivity index (χ1n) is 11.9. The largest absolute Gasteiger partial charge is 0.457 e. The van der Waals surface area contributed by atoms with E-state index in [4.69, 9.17) is 15.2 Å². The molecule has 0 saturated carbocycles. The van der Waals surface area contributed by atoms with Gasteiger partial charge in [-0.15, -0.1) is 0 Å². The Morgan fingerprint density at radius 2 is 0.974 bits per heavy atom. The van der Waals surface area contributed by atoms with Crippen LogP contribution in [0, 0.1) is 6.92 Å². The SMILES string of the molecule is Cc1ccc(Oc2ccc(C(C)(C)c3ccc(Oc4ccc(N)cc4C(F)(F)F)cc3)cc2)c(C(F)(F)F)c1. The van der Waals surface area contributed by atoms with E-state index in [2.05, 4.69) is 0 Å². The number of alkyl halides is 6. The summed E-state index contributed by atoms with van der Waals surface area (Å²) in [5, 5.41) is 0. The Labute approximate surface area is 221 Å². The van der Waals surface area contributed by atoms with E-state index in [1.165, 1.54) is 18.2 Å². The number of nitrogens with two attached hydrogens (primary N) is 1. The van der Waals surface area contributed by atoms with Crippen LogP contribution in [0.3, 0.4) is 0 Å². The average molecular weight is 546 g/mol. The molecule has 0 aromatic heterocycles. The van der Waals surface area contributed by atoms with Gasteiger partial charge in [0.25, 0.3) is 0 Å². The Balaban J connectivity index is 1.52. The van der Waals surface area contributed by atoms with Crippen molar-refractivity contribution in [2.45, 2.75) is 38.5 Å². The molecule has 0 spiro atoms. The Hall–Kier alpha value is -4.14. The average Bonchev–Trinajstić information content (AvgIpc) is 2.85. The van der Waals surface area contributed by atoms with Gasteiger partial charge < -0.3 is 15.2 Å². The van der Waals surface area contributed by atoms with Crippen LogP contribution in [0.2, 0.25) is 0 Å². The molecule has 0 aliphatic rings. The van der Waals surface area contributed by atoms with Crippen molar-refractivity contribution in [1.82, 2.24) is 0 Å². The molecule has 4 aromatic rings. The van der Waals surface area contributed by atoms with Crippen LogP contribution in [0.15, 0.2) is 84.9 Å². The van der Waals surface area contributed by atoms with Gasteiger partial charge in [-0.2, -0.15) is 26.3 Å². The van der Waals surface area contributed by atoms with Crippen LogP contribution in [-0.4, -0.2) is 0 Å². The molecule has 3 nitrogen and oxygen atoms in total. The predicted molar refractivity (Wildman–Crippen MR) is 137 cm³/mol. The zero-order chi connectivity index (χ0) is 28.6. The fraction of sp³-hybridized carbons (Fsp3) is 0.200. The van der Waals surface area contributed by atoms with Crippen LogP contribution in [0.25, 0.3) is 0 Å². The van der Waals surface area contributed by atoms with E-state index in [9.17, 15) is 26.3 Å². The third-order valence-corrected chi connectivity index (χ3v) is 6.36. The summed E-state index contributed by atoms with van der Waals surface area (Å²) < 4.78 is 91.5. The second-order valence-corrected chi connectivity index (χ2v) is 9.63. The Morgan fingerprint density at radius 1 is 0.564 bits per heavy atom.